The summed E-state index contributed by atoms with van der Waals surface area (Å²) < 4.78 is 5.43. The molecule has 2 aromatic carbocycles. The van der Waals surface area contributed by atoms with E-state index in [9.17, 15) is 9.59 Å². The molecule has 1 heterocycles. The van der Waals surface area contributed by atoms with Crippen LogP contribution in [-0.4, -0.2) is 67.0 Å². The molecular formula is C24H30ClN7O3. The van der Waals surface area contributed by atoms with E-state index in [1.807, 2.05) is 48.3 Å². The zero-order chi connectivity index (χ0) is 25.4. The van der Waals surface area contributed by atoms with E-state index in [-0.39, 0.29) is 28.4 Å². The van der Waals surface area contributed by atoms with Gasteiger partial charge in [0.1, 0.15) is 5.75 Å². The highest BCUT2D eigenvalue weighted by molar-refractivity contribution is 6.31. The van der Waals surface area contributed by atoms with E-state index in [0.717, 1.165) is 22.1 Å². The molecule has 6 N–H and O–H groups in total. The van der Waals surface area contributed by atoms with Crippen LogP contribution in [0.1, 0.15) is 22.5 Å². The SMILES string of the molecule is COc1ccc(CCC(=O)NCCN(C)CCNC(=O)c2nc(Cl)c(N)nc2N)c2ccccc12. The van der Waals surface area contributed by atoms with Crippen molar-refractivity contribution in [2.75, 3.05) is 51.8 Å². The fourth-order valence-corrected chi connectivity index (χ4v) is 3.74. The second-order valence-electron chi connectivity index (χ2n) is 8.02. The molecule has 0 saturated carbocycles. The number of nitrogen functional groups attached to an aromatic ring is 2. The molecule has 0 bridgehead atoms. The summed E-state index contributed by atoms with van der Waals surface area (Å²) >= 11 is 5.81. The van der Waals surface area contributed by atoms with E-state index in [0.29, 0.717) is 39.0 Å². The van der Waals surface area contributed by atoms with Gasteiger partial charge in [-0.1, -0.05) is 41.9 Å². The molecule has 1 aromatic heterocycles. The third-order valence-electron chi connectivity index (χ3n) is 5.53. The molecule has 3 aromatic rings. The Kier molecular flexibility index (Phi) is 9.04. The van der Waals surface area contributed by atoms with Gasteiger partial charge in [-0.25, -0.2) is 9.97 Å². The van der Waals surface area contributed by atoms with E-state index in [1.54, 1.807) is 7.11 Å². The van der Waals surface area contributed by atoms with Gasteiger partial charge in [-0.15, -0.1) is 0 Å². The fraction of sp³-hybridized carbons (Fsp3) is 0.333. The van der Waals surface area contributed by atoms with E-state index >= 15 is 0 Å². The average Bonchev–Trinajstić information content (AvgIpc) is 2.84. The zero-order valence-corrected chi connectivity index (χ0v) is 20.6. The number of methoxy groups -OCH3 is 1. The van der Waals surface area contributed by atoms with Crippen LogP contribution in [0.5, 0.6) is 5.75 Å². The van der Waals surface area contributed by atoms with Crippen molar-refractivity contribution in [3.63, 3.8) is 0 Å². The minimum absolute atomic E-state index is 0.0131. The third kappa shape index (κ3) is 6.93. The highest BCUT2D eigenvalue weighted by atomic mass is 35.5. The predicted octanol–water partition coefficient (Wildman–Crippen LogP) is 1.87. The Morgan fingerprint density at radius 3 is 2.40 bits per heavy atom. The van der Waals surface area contributed by atoms with Crippen molar-refractivity contribution < 1.29 is 14.3 Å². The van der Waals surface area contributed by atoms with Crippen LogP contribution in [0.4, 0.5) is 11.6 Å². The molecule has 186 valence electrons. The number of halogens is 1. The van der Waals surface area contributed by atoms with Crippen LogP contribution >= 0.6 is 11.6 Å². The van der Waals surface area contributed by atoms with E-state index in [4.69, 9.17) is 27.8 Å². The molecule has 0 spiro atoms. The lowest BCUT2D eigenvalue weighted by Gasteiger charge is -2.17. The Hall–Kier alpha value is -3.63. The number of nitrogens with two attached hydrogens (primary N) is 2. The number of fused-ring (bicyclic) bond motifs is 1. The second kappa shape index (κ2) is 12.2. The smallest absolute Gasteiger partial charge is 0.273 e. The summed E-state index contributed by atoms with van der Waals surface area (Å²) in [5.41, 5.74) is 12.3. The van der Waals surface area contributed by atoms with Gasteiger partial charge < -0.3 is 31.7 Å². The molecule has 2 amide bonds. The van der Waals surface area contributed by atoms with Crippen molar-refractivity contribution in [3.8, 4) is 5.75 Å². The first-order valence-electron chi connectivity index (χ1n) is 11.2. The van der Waals surface area contributed by atoms with Crippen LogP contribution in [-0.2, 0) is 11.2 Å². The molecule has 0 aliphatic heterocycles. The second-order valence-corrected chi connectivity index (χ2v) is 8.37. The van der Waals surface area contributed by atoms with Gasteiger partial charge in [-0.05, 0) is 30.5 Å². The lowest BCUT2D eigenvalue weighted by molar-refractivity contribution is -0.121. The quantitative estimate of drug-likeness (QED) is 0.312. The molecule has 0 unspecified atom stereocenters. The molecule has 11 heteroatoms. The third-order valence-corrected chi connectivity index (χ3v) is 5.81. The molecule has 0 aliphatic carbocycles. The van der Waals surface area contributed by atoms with Gasteiger partial charge in [0, 0.05) is 38.0 Å². The van der Waals surface area contributed by atoms with Gasteiger partial charge in [0.05, 0.1) is 7.11 Å². The maximum atomic E-state index is 12.3. The Labute approximate surface area is 209 Å². The lowest BCUT2D eigenvalue weighted by atomic mass is 10.00. The summed E-state index contributed by atoms with van der Waals surface area (Å²) in [6, 6.07) is 12.0. The zero-order valence-electron chi connectivity index (χ0n) is 19.8. The van der Waals surface area contributed by atoms with Gasteiger partial charge >= 0.3 is 0 Å². The number of anilines is 2. The van der Waals surface area contributed by atoms with Crippen LogP contribution in [0, 0.1) is 0 Å². The lowest BCUT2D eigenvalue weighted by Crippen LogP contribution is -2.38. The number of amides is 2. The van der Waals surface area contributed by atoms with Crippen molar-refractivity contribution >= 4 is 45.8 Å². The standard InChI is InChI=1S/C24H30ClN7O3/c1-32(14-12-29-24(34)20-22(26)31-23(27)21(25)30-20)13-11-28-19(33)10-8-15-7-9-18(35-2)17-6-4-3-5-16(15)17/h3-7,9H,8,10-14H2,1-2H3,(H,28,33)(H,29,34)(H4,26,27,31). The number of benzene rings is 2. The van der Waals surface area contributed by atoms with Crippen molar-refractivity contribution in [1.29, 1.82) is 0 Å². The first-order chi connectivity index (χ1) is 16.8. The van der Waals surface area contributed by atoms with Gasteiger partial charge in [0.2, 0.25) is 5.91 Å². The summed E-state index contributed by atoms with van der Waals surface area (Å²) in [5.74, 6) is 0.218. The first-order valence-corrected chi connectivity index (χ1v) is 11.5. The summed E-state index contributed by atoms with van der Waals surface area (Å²) in [6.45, 7) is 2.05. The van der Waals surface area contributed by atoms with E-state index in [1.165, 1.54) is 0 Å². The molecule has 0 saturated heterocycles. The van der Waals surface area contributed by atoms with E-state index in [2.05, 4.69) is 20.6 Å². The number of aryl methyl sites for hydroxylation is 1. The number of ether oxygens (including phenoxy) is 1. The summed E-state index contributed by atoms with van der Waals surface area (Å²) in [5, 5.41) is 7.72. The summed E-state index contributed by atoms with van der Waals surface area (Å²) in [6.07, 6.45) is 1.03. The van der Waals surface area contributed by atoms with Gasteiger partial charge in [0.25, 0.3) is 5.91 Å². The van der Waals surface area contributed by atoms with Crippen molar-refractivity contribution in [2.24, 2.45) is 0 Å². The monoisotopic (exact) mass is 499 g/mol. The maximum Gasteiger partial charge on any atom is 0.273 e. The number of carbonyl (C=O) groups excluding carboxylic acids is 2. The molecule has 35 heavy (non-hydrogen) atoms. The number of carbonyl (C=O) groups is 2. The Balaban J connectivity index is 1.37. The number of hydrogen-bond donors (Lipinski definition) is 4. The van der Waals surface area contributed by atoms with Crippen LogP contribution in [0.2, 0.25) is 5.15 Å². The Morgan fingerprint density at radius 1 is 1.00 bits per heavy atom. The maximum absolute atomic E-state index is 12.3. The first kappa shape index (κ1) is 26.0. The van der Waals surface area contributed by atoms with Gasteiger partial charge in [0.15, 0.2) is 22.5 Å². The molecule has 10 nitrogen and oxygen atoms in total. The van der Waals surface area contributed by atoms with Crippen molar-refractivity contribution in [1.82, 2.24) is 25.5 Å². The molecule has 0 radical (unpaired) electrons. The van der Waals surface area contributed by atoms with Crippen molar-refractivity contribution in [2.45, 2.75) is 12.8 Å². The number of hydrogen-bond acceptors (Lipinski definition) is 8. The largest absolute Gasteiger partial charge is 0.496 e. The number of likely N-dealkylation sites (N-methyl/N-ethyl adjacent to an activating group) is 1. The normalized spacial score (nSPS) is 11.0. The highest BCUT2D eigenvalue weighted by Gasteiger charge is 2.15. The molecule has 0 aliphatic rings. The molecular weight excluding hydrogens is 470 g/mol. The van der Waals surface area contributed by atoms with Gasteiger partial charge in [-0.3, -0.25) is 9.59 Å². The Bertz CT molecular complexity index is 1210. The summed E-state index contributed by atoms with van der Waals surface area (Å²) in [4.78, 5) is 34.3. The fourth-order valence-electron chi connectivity index (χ4n) is 3.62. The van der Waals surface area contributed by atoms with Gasteiger partial charge in [-0.2, -0.15) is 0 Å². The topological polar surface area (TPSA) is 148 Å². The number of nitrogens with one attached hydrogen (secondary N) is 2. The van der Waals surface area contributed by atoms with Crippen molar-refractivity contribution in [3.05, 3.63) is 52.8 Å². The number of rotatable bonds is 11. The van der Waals surface area contributed by atoms with Crippen LogP contribution in [0.15, 0.2) is 36.4 Å². The molecule has 0 atom stereocenters. The summed E-state index contributed by atoms with van der Waals surface area (Å²) in [7, 11) is 3.55. The molecule has 0 fully saturated rings. The minimum Gasteiger partial charge on any atom is -0.496 e. The van der Waals surface area contributed by atoms with E-state index < -0.39 is 5.91 Å². The van der Waals surface area contributed by atoms with Crippen LogP contribution in [0.3, 0.4) is 0 Å². The highest BCUT2D eigenvalue weighted by Crippen LogP contribution is 2.28. The predicted molar refractivity (Wildman–Crippen MR) is 138 cm³/mol. The number of aromatic nitrogens is 2. The van der Waals surface area contributed by atoms with Crippen LogP contribution < -0.4 is 26.8 Å². The van der Waals surface area contributed by atoms with Crippen LogP contribution in [0.25, 0.3) is 10.8 Å². The average molecular weight is 500 g/mol. The molecule has 3 rings (SSSR count). The Morgan fingerprint density at radius 2 is 1.69 bits per heavy atom. The minimum atomic E-state index is -0.482. The number of nitrogens with zero attached hydrogens (tertiary/aromatic N) is 3.